The second-order valence-corrected chi connectivity index (χ2v) is 6.96. The van der Waals surface area contributed by atoms with Crippen molar-refractivity contribution in [3.05, 3.63) is 60.7 Å². The second kappa shape index (κ2) is 5.19. The van der Waals surface area contributed by atoms with E-state index in [9.17, 15) is 0 Å². The minimum absolute atomic E-state index is 0.300. The largest absolute Gasteiger partial charge is 0.259 e. The molecule has 19 heavy (non-hydrogen) atoms. The number of halogens is 3. The van der Waals surface area contributed by atoms with Gasteiger partial charge in [-0.15, -0.1) is 0 Å². The van der Waals surface area contributed by atoms with E-state index < -0.39 is 0 Å². The average molecular weight is 402 g/mol. The molecule has 1 atom stereocenters. The Morgan fingerprint density at radius 1 is 1.26 bits per heavy atom. The molecule has 3 rings (SSSR count). The Balaban J connectivity index is 2.19. The molecule has 0 amide bonds. The van der Waals surface area contributed by atoms with Gasteiger partial charge in [0.05, 0.1) is 10.7 Å². The highest BCUT2D eigenvalue weighted by atomic mass is 79.9. The van der Waals surface area contributed by atoms with Crippen molar-refractivity contribution in [2.45, 2.75) is 25.7 Å². The summed E-state index contributed by atoms with van der Waals surface area (Å²) in [6.07, 6.45) is 3.87. The summed E-state index contributed by atoms with van der Waals surface area (Å²) >= 11 is 13.3. The molecule has 0 bridgehead atoms. The molecule has 0 radical (unpaired) electrons. The van der Waals surface area contributed by atoms with E-state index >= 15 is 0 Å². The monoisotopic (exact) mass is 399 g/mol. The highest BCUT2D eigenvalue weighted by Crippen LogP contribution is 2.39. The highest BCUT2D eigenvalue weighted by molar-refractivity contribution is 9.10. The molecule has 0 aliphatic heterocycles. The van der Waals surface area contributed by atoms with Crippen molar-refractivity contribution >= 4 is 43.5 Å². The number of fused-ring (bicyclic) bond motifs is 2. The van der Waals surface area contributed by atoms with E-state index in [1.807, 2.05) is 12.3 Å². The van der Waals surface area contributed by atoms with Crippen molar-refractivity contribution in [2.75, 3.05) is 0 Å². The van der Waals surface area contributed by atoms with Crippen molar-refractivity contribution in [2.24, 2.45) is 0 Å². The van der Waals surface area contributed by atoms with E-state index in [0.717, 1.165) is 26.8 Å². The third-order valence-electron chi connectivity index (χ3n) is 3.72. The predicted octanol–water partition coefficient (Wildman–Crippen LogP) is 5.51. The first-order chi connectivity index (χ1) is 9.08. The Morgan fingerprint density at radius 3 is 2.84 bits per heavy atom. The Kier molecular flexibility index (Phi) is 3.71. The summed E-state index contributed by atoms with van der Waals surface area (Å²) in [6, 6.07) is 6.27. The van der Waals surface area contributed by atoms with Gasteiger partial charge in [-0.3, -0.25) is 4.98 Å². The normalized spacial score (nSPS) is 17.6. The molecule has 1 aromatic heterocycles. The lowest BCUT2D eigenvalue weighted by atomic mass is 9.93. The van der Waals surface area contributed by atoms with E-state index in [1.54, 1.807) is 0 Å². The zero-order valence-electron chi connectivity index (χ0n) is 10.4. The fraction of sp³-hybridized carbons (Fsp3) is 0.267. The van der Waals surface area contributed by atoms with Gasteiger partial charge in [0, 0.05) is 21.1 Å². The number of aromatic nitrogens is 1. The molecule has 1 aromatic carbocycles. The van der Waals surface area contributed by atoms with Crippen molar-refractivity contribution in [3.63, 3.8) is 0 Å². The van der Waals surface area contributed by atoms with Crippen LogP contribution in [0.1, 0.15) is 35.2 Å². The third-order valence-corrected chi connectivity index (χ3v) is 5.60. The molecule has 1 unspecified atom stereocenters. The van der Waals surface area contributed by atoms with Crippen molar-refractivity contribution in [1.29, 1.82) is 0 Å². The number of nitrogens with zero attached hydrogens (tertiary/aromatic N) is 1. The molecule has 0 spiro atoms. The Labute approximate surface area is 134 Å². The van der Waals surface area contributed by atoms with Crippen LogP contribution in [0.15, 0.2) is 33.3 Å². The number of benzene rings is 1. The molecule has 1 aliphatic carbocycles. The molecule has 4 heteroatoms. The van der Waals surface area contributed by atoms with Gasteiger partial charge in [0.15, 0.2) is 0 Å². The lowest BCUT2D eigenvalue weighted by Gasteiger charge is -2.16. The van der Waals surface area contributed by atoms with Crippen molar-refractivity contribution in [1.82, 2.24) is 4.98 Å². The number of aryl methyl sites for hydroxylation is 1. The van der Waals surface area contributed by atoms with E-state index in [0.29, 0.717) is 5.92 Å². The van der Waals surface area contributed by atoms with Gasteiger partial charge in [-0.05, 0) is 73.5 Å². The lowest BCUT2D eigenvalue weighted by molar-refractivity contribution is 0.858. The van der Waals surface area contributed by atoms with Gasteiger partial charge in [-0.25, -0.2) is 0 Å². The summed E-state index contributed by atoms with van der Waals surface area (Å²) in [5, 5.41) is 0.783. The fourth-order valence-corrected chi connectivity index (χ4v) is 3.87. The molecule has 0 saturated carbocycles. The molecule has 1 nitrogen and oxygen atoms in total. The fourth-order valence-electron chi connectivity index (χ4n) is 2.76. The number of rotatable bonds is 0. The van der Waals surface area contributed by atoms with Crippen molar-refractivity contribution < 1.29 is 0 Å². The van der Waals surface area contributed by atoms with Crippen LogP contribution < -0.4 is 0 Å². The number of pyridine rings is 1. The first kappa shape index (κ1) is 13.6. The average Bonchev–Trinajstić information content (AvgIpc) is 2.52. The molecular formula is C15H12Br2ClN. The minimum atomic E-state index is 0.300. The first-order valence-electron chi connectivity index (χ1n) is 6.19. The smallest absolute Gasteiger partial charge is 0.0551 e. The predicted molar refractivity (Wildman–Crippen MR) is 86.0 cm³/mol. The van der Waals surface area contributed by atoms with E-state index in [-0.39, 0.29) is 0 Å². The van der Waals surface area contributed by atoms with Crippen LogP contribution in [0.2, 0.25) is 5.02 Å². The van der Waals surface area contributed by atoms with E-state index in [1.165, 1.54) is 22.4 Å². The summed E-state index contributed by atoms with van der Waals surface area (Å²) in [6.45, 7) is 2.21. The van der Waals surface area contributed by atoms with Gasteiger partial charge < -0.3 is 0 Å². The third kappa shape index (κ3) is 2.37. The van der Waals surface area contributed by atoms with E-state index in [4.69, 9.17) is 11.6 Å². The standard InChI is InChI=1S/C15H12Br2ClN/c1-8-11-4-5-13(18)14(17)12(11)3-2-9-6-10(16)7-19-15(8)9/h4-8H,2-3H2,1H3. The molecule has 0 fully saturated rings. The lowest BCUT2D eigenvalue weighted by Crippen LogP contribution is -2.02. The molecule has 0 N–H and O–H groups in total. The summed E-state index contributed by atoms with van der Waals surface area (Å²) in [4.78, 5) is 4.62. The summed E-state index contributed by atoms with van der Waals surface area (Å²) < 4.78 is 2.08. The Bertz CT molecular complexity index is 655. The SMILES string of the molecule is CC1c2ccc(Cl)c(Br)c2CCc2cc(Br)cnc21. The molecule has 1 aliphatic rings. The maximum atomic E-state index is 6.21. The minimum Gasteiger partial charge on any atom is -0.259 e. The highest BCUT2D eigenvalue weighted by Gasteiger charge is 2.23. The van der Waals surface area contributed by atoms with Crippen LogP contribution in [0.3, 0.4) is 0 Å². The summed E-state index contributed by atoms with van der Waals surface area (Å²) in [7, 11) is 0. The van der Waals surface area contributed by atoms with Gasteiger partial charge in [0.25, 0.3) is 0 Å². The van der Waals surface area contributed by atoms with E-state index in [2.05, 4.69) is 55.9 Å². The maximum absolute atomic E-state index is 6.21. The Hall–Kier alpha value is -0.380. The Morgan fingerprint density at radius 2 is 2.05 bits per heavy atom. The van der Waals surface area contributed by atoms with Crippen molar-refractivity contribution in [3.8, 4) is 0 Å². The van der Waals surface area contributed by atoms with Crippen LogP contribution in [0.5, 0.6) is 0 Å². The molecule has 2 aromatic rings. The molecular weight excluding hydrogens is 389 g/mol. The van der Waals surface area contributed by atoms with Gasteiger partial charge in [-0.1, -0.05) is 24.6 Å². The van der Waals surface area contributed by atoms with Crippen LogP contribution >= 0.6 is 43.5 Å². The second-order valence-electron chi connectivity index (χ2n) is 4.85. The molecule has 1 heterocycles. The van der Waals surface area contributed by atoms with Gasteiger partial charge >= 0.3 is 0 Å². The van der Waals surface area contributed by atoms with Crippen LogP contribution in [0, 0.1) is 0 Å². The maximum Gasteiger partial charge on any atom is 0.0551 e. The quantitative estimate of drug-likeness (QED) is 0.567. The van der Waals surface area contributed by atoms with Crippen LogP contribution in [0.25, 0.3) is 0 Å². The van der Waals surface area contributed by atoms with Gasteiger partial charge in [-0.2, -0.15) is 0 Å². The molecule has 98 valence electrons. The van der Waals surface area contributed by atoms with Gasteiger partial charge in [0.1, 0.15) is 0 Å². The topological polar surface area (TPSA) is 12.9 Å². The zero-order valence-corrected chi connectivity index (χ0v) is 14.3. The zero-order chi connectivity index (χ0) is 13.6. The van der Waals surface area contributed by atoms with Gasteiger partial charge in [0.2, 0.25) is 0 Å². The molecule has 0 saturated heterocycles. The summed E-state index contributed by atoms with van der Waals surface area (Å²) in [5.74, 6) is 0.300. The number of hydrogen-bond acceptors (Lipinski definition) is 1. The number of hydrogen-bond donors (Lipinski definition) is 0. The first-order valence-corrected chi connectivity index (χ1v) is 8.15. The van der Waals surface area contributed by atoms with Crippen LogP contribution in [-0.4, -0.2) is 4.98 Å². The van der Waals surface area contributed by atoms with Crippen LogP contribution in [0.4, 0.5) is 0 Å². The summed E-state index contributed by atoms with van der Waals surface area (Å²) in [5.41, 5.74) is 5.14. The van der Waals surface area contributed by atoms with Crippen LogP contribution in [-0.2, 0) is 12.8 Å².